The van der Waals surface area contributed by atoms with Gasteiger partial charge in [0.1, 0.15) is 5.52 Å². The van der Waals surface area contributed by atoms with E-state index in [1.807, 2.05) is 26.8 Å². The number of fused-ring (bicyclic) bond motifs is 2. The molecule has 0 aliphatic heterocycles. The van der Waals surface area contributed by atoms with E-state index in [4.69, 9.17) is 4.98 Å². The average molecular weight is 332 g/mol. The van der Waals surface area contributed by atoms with Crippen LogP contribution in [0, 0.1) is 0 Å². The number of carbonyl (C=O) groups excluding carboxylic acids is 1. The summed E-state index contributed by atoms with van der Waals surface area (Å²) in [5.74, 6) is -0.148. The zero-order chi connectivity index (χ0) is 17.6. The van der Waals surface area contributed by atoms with Crippen LogP contribution in [0.2, 0.25) is 0 Å². The van der Waals surface area contributed by atoms with Crippen LogP contribution in [-0.4, -0.2) is 26.4 Å². The normalized spacial score (nSPS) is 13.2. The second-order valence-electron chi connectivity index (χ2n) is 7.34. The van der Waals surface area contributed by atoms with Crippen molar-refractivity contribution in [2.75, 3.05) is 0 Å². The van der Waals surface area contributed by atoms with Crippen LogP contribution in [0.25, 0.3) is 28.5 Å². The Morgan fingerprint density at radius 2 is 2.12 bits per heavy atom. The summed E-state index contributed by atoms with van der Waals surface area (Å²) >= 11 is 0. The first kappa shape index (κ1) is 15.6. The number of nitrogens with one attached hydrogen (secondary N) is 2. The number of H-pyrrole nitrogens is 1. The van der Waals surface area contributed by atoms with Crippen LogP contribution < -0.4 is 5.32 Å². The van der Waals surface area contributed by atoms with Crippen molar-refractivity contribution in [3.63, 3.8) is 0 Å². The van der Waals surface area contributed by atoms with E-state index in [1.165, 1.54) is 11.1 Å². The summed E-state index contributed by atoms with van der Waals surface area (Å²) in [5.41, 5.74) is 5.77. The Morgan fingerprint density at radius 3 is 2.92 bits per heavy atom. The quantitative estimate of drug-likeness (QED) is 0.751. The number of allylic oxidation sites excluding steroid dienone is 1. The SMILES string of the molecule is CC(C)(C)NC(=O)c1c[nH]c2ncc(-c3cccc4c3CC=C4)nc12. The molecule has 3 aromatic rings. The molecule has 0 spiro atoms. The first-order valence-corrected chi connectivity index (χ1v) is 8.38. The Morgan fingerprint density at radius 1 is 1.28 bits per heavy atom. The molecule has 1 aromatic carbocycles. The molecule has 1 aliphatic carbocycles. The third-order valence-electron chi connectivity index (χ3n) is 4.22. The predicted octanol–water partition coefficient (Wildman–Crippen LogP) is 3.72. The maximum absolute atomic E-state index is 12.6. The molecule has 0 saturated heterocycles. The van der Waals surface area contributed by atoms with E-state index < -0.39 is 0 Å². The third-order valence-corrected chi connectivity index (χ3v) is 4.22. The van der Waals surface area contributed by atoms with Crippen LogP contribution >= 0.6 is 0 Å². The maximum Gasteiger partial charge on any atom is 0.255 e. The summed E-state index contributed by atoms with van der Waals surface area (Å²) in [7, 11) is 0. The third kappa shape index (κ3) is 2.82. The molecule has 0 bridgehead atoms. The van der Waals surface area contributed by atoms with Gasteiger partial charge in [0.2, 0.25) is 0 Å². The van der Waals surface area contributed by atoms with Gasteiger partial charge in [0.25, 0.3) is 5.91 Å². The molecule has 0 unspecified atom stereocenters. The first-order valence-electron chi connectivity index (χ1n) is 8.38. The lowest BCUT2D eigenvalue weighted by Crippen LogP contribution is -2.40. The van der Waals surface area contributed by atoms with Crippen molar-refractivity contribution >= 4 is 23.1 Å². The second-order valence-corrected chi connectivity index (χ2v) is 7.34. The highest BCUT2D eigenvalue weighted by molar-refractivity contribution is 6.05. The lowest BCUT2D eigenvalue weighted by molar-refractivity contribution is 0.0921. The fourth-order valence-electron chi connectivity index (χ4n) is 3.13. The largest absolute Gasteiger partial charge is 0.347 e. The van der Waals surface area contributed by atoms with Crippen LogP contribution in [0.5, 0.6) is 0 Å². The summed E-state index contributed by atoms with van der Waals surface area (Å²) < 4.78 is 0. The number of hydrogen-bond acceptors (Lipinski definition) is 3. The topological polar surface area (TPSA) is 70.7 Å². The molecule has 2 N–H and O–H groups in total. The molecule has 0 fully saturated rings. The minimum absolute atomic E-state index is 0.148. The van der Waals surface area contributed by atoms with E-state index >= 15 is 0 Å². The smallest absolute Gasteiger partial charge is 0.255 e. The van der Waals surface area contributed by atoms with Crippen molar-refractivity contribution in [1.29, 1.82) is 0 Å². The van der Waals surface area contributed by atoms with Gasteiger partial charge < -0.3 is 10.3 Å². The Labute approximate surface area is 146 Å². The standard InChI is InChI=1S/C20H20N4O/c1-20(2,3)24-19(25)15-10-21-18-17(15)23-16(11-22-18)14-9-5-7-12-6-4-8-13(12)14/h4-7,9-11H,8H2,1-3H3,(H,21,22)(H,24,25). The van der Waals surface area contributed by atoms with Gasteiger partial charge in [-0.2, -0.15) is 0 Å². The molecule has 0 atom stereocenters. The fraction of sp³-hybridized carbons (Fsp3) is 0.250. The van der Waals surface area contributed by atoms with Crippen LogP contribution in [0.15, 0.2) is 36.7 Å². The van der Waals surface area contributed by atoms with Gasteiger partial charge in [-0.25, -0.2) is 9.97 Å². The lowest BCUT2D eigenvalue weighted by Gasteiger charge is -2.20. The number of rotatable bonds is 2. The number of benzene rings is 1. The molecule has 1 aliphatic rings. The molecule has 2 aromatic heterocycles. The highest BCUT2D eigenvalue weighted by atomic mass is 16.1. The summed E-state index contributed by atoms with van der Waals surface area (Å²) in [6, 6.07) is 6.19. The van der Waals surface area contributed by atoms with Gasteiger partial charge in [0, 0.05) is 17.3 Å². The minimum atomic E-state index is -0.308. The van der Waals surface area contributed by atoms with E-state index in [0.717, 1.165) is 17.7 Å². The van der Waals surface area contributed by atoms with Gasteiger partial charge in [0.05, 0.1) is 17.5 Å². The zero-order valence-electron chi connectivity index (χ0n) is 14.6. The summed E-state index contributed by atoms with van der Waals surface area (Å²) in [6.45, 7) is 5.87. The summed E-state index contributed by atoms with van der Waals surface area (Å²) in [5, 5.41) is 2.98. The van der Waals surface area contributed by atoms with Crippen molar-refractivity contribution in [2.45, 2.75) is 32.7 Å². The molecule has 5 nitrogen and oxygen atoms in total. The van der Waals surface area contributed by atoms with E-state index in [0.29, 0.717) is 16.7 Å². The van der Waals surface area contributed by atoms with Crippen molar-refractivity contribution in [1.82, 2.24) is 20.3 Å². The molecule has 25 heavy (non-hydrogen) atoms. The van der Waals surface area contributed by atoms with E-state index in [1.54, 1.807) is 12.4 Å². The number of amides is 1. The van der Waals surface area contributed by atoms with Crippen LogP contribution in [0.4, 0.5) is 0 Å². The number of aromatic nitrogens is 3. The Hall–Kier alpha value is -2.95. The number of carbonyl (C=O) groups is 1. The maximum atomic E-state index is 12.6. The number of nitrogens with zero attached hydrogens (tertiary/aromatic N) is 2. The van der Waals surface area contributed by atoms with Crippen LogP contribution in [-0.2, 0) is 6.42 Å². The Balaban J connectivity index is 1.80. The van der Waals surface area contributed by atoms with Gasteiger partial charge in [-0.15, -0.1) is 0 Å². The van der Waals surface area contributed by atoms with Gasteiger partial charge in [0.15, 0.2) is 5.65 Å². The summed E-state index contributed by atoms with van der Waals surface area (Å²) in [6.07, 6.45) is 8.61. The highest BCUT2D eigenvalue weighted by Crippen LogP contribution is 2.30. The fourth-order valence-corrected chi connectivity index (χ4v) is 3.13. The molecule has 126 valence electrons. The van der Waals surface area contributed by atoms with Gasteiger partial charge in [-0.05, 0) is 38.3 Å². The molecule has 1 amide bonds. The molecular formula is C20H20N4O. The van der Waals surface area contributed by atoms with Gasteiger partial charge in [-0.3, -0.25) is 4.79 Å². The molecule has 4 rings (SSSR count). The van der Waals surface area contributed by atoms with E-state index in [-0.39, 0.29) is 11.4 Å². The molecule has 0 saturated carbocycles. The minimum Gasteiger partial charge on any atom is -0.347 e. The molecule has 5 heteroatoms. The van der Waals surface area contributed by atoms with Crippen molar-refractivity contribution in [3.05, 3.63) is 53.4 Å². The average Bonchev–Trinajstić information content (AvgIpc) is 3.18. The van der Waals surface area contributed by atoms with Gasteiger partial charge >= 0.3 is 0 Å². The second kappa shape index (κ2) is 5.55. The van der Waals surface area contributed by atoms with E-state index in [2.05, 4.69) is 39.6 Å². The van der Waals surface area contributed by atoms with Crippen LogP contribution in [0.3, 0.4) is 0 Å². The molecular weight excluding hydrogens is 312 g/mol. The van der Waals surface area contributed by atoms with E-state index in [9.17, 15) is 4.79 Å². The summed E-state index contributed by atoms with van der Waals surface area (Å²) in [4.78, 5) is 24.8. The van der Waals surface area contributed by atoms with Crippen molar-refractivity contribution in [2.24, 2.45) is 0 Å². The van der Waals surface area contributed by atoms with Gasteiger partial charge in [-0.1, -0.05) is 30.4 Å². The number of aromatic amines is 1. The zero-order valence-corrected chi connectivity index (χ0v) is 14.6. The monoisotopic (exact) mass is 332 g/mol. The first-order chi connectivity index (χ1) is 11.9. The molecule has 2 heterocycles. The highest BCUT2D eigenvalue weighted by Gasteiger charge is 2.20. The number of hydrogen-bond donors (Lipinski definition) is 2. The molecule has 0 radical (unpaired) electrons. The Kier molecular flexibility index (Phi) is 3.46. The predicted molar refractivity (Wildman–Crippen MR) is 99.3 cm³/mol. The van der Waals surface area contributed by atoms with Crippen LogP contribution in [0.1, 0.15) is 42.3 Å². The lowest BCUT2D eigenvalue weighted by atomic mass is 10.0. The Bertz CT molecular complexity index is 1010. The van der Waals surface area contributed by atoms with Crippen molar-refractivity contribution < 1.29 is 4.79 Å². The van der Waals surface area contributed by atoms with Crippen molar-refractivity contribution in [3.8, 4) is 11.3 Å².